The molecule has 0 bridgehead atoms. The average Bonchev–Trinajstić information content (AvgIpc) is 2.60. The third kappa shape index (κ3) is 5.50. The molecule has 0 aliphatic rings. The zero-order chi connectivity index (χ0) is 17.4. The molecule has 128 valence electrons. The Morgan fingerprint density at radius 2 is 1.58 bits per heavy atom. The summed E-state index contributed by atoms with van der Waals surface area (Å²) in [4.78, 5) is 14.6. The molecule has 3 heteroatoms. The van der Waals surface area contributed by atoms with Crippen LogP contribution in [0.3, 0.4) is 0 Å². The van der Waals surface area contributed by atoms with Gasteiger partial charge in [0.05, 0.1) is 6.42 Å². The van der Waals surface area contributed by atoms with Crippen molar-refractivity contribution in [2.24, 2.45) is 0 Å². The summed E-state index contributed by atoms with van der Waals surface area (Å²) in [6.07, 6.45) is 0.429. The van der Waals surface area contributed by atoms with Crippen LogP contribution in [0, 0.1) is 6.92 Å². The van der Waals surface area contributed by atoms with Crippen LogP contribution in [0.15, 0.2) is 48.5 Å². The molecule has 1 N–H and O–H groups in total. The van der Waals surface area contributed by atoms with E-state index in [-0.39, 0.29) is 5.91 Å². The number of nitrogens with zero attached hydrogens (tertiary/aromatic N) is 1. The minimum absolute atomic E-state index is 0.0662. The number of carbonyl (C=O) groups excluding carboxylic acids is 1. The van der Waals surface area contributed by atoms with Crippen molar-refractivity contribution in [2.45, 2.75) is 40.3 Å². The molecule has 0 saturated carbocycles. The molecule has 0 heterocycles. The van der Waals surface area contributed by atoms with Gasteiger partial charge in [0.15, 0.2) is 0 Å². The predicted molar refractivity (Wildman–Crippen MR) is 99.8 cm³/mol. The van der Waals surface area contributed by atoms with Crippen LogP contribution in [0.25, 0.3) is 0 Å². The molecule has 0 spiro atoms. The maximum absolute atomic E-state index is 12.2. The lowest BCUT2D eigenvalue weighted by Gasteiger charge is -2.20. The second-order valence-electron chi connectivity index (χ2n) is 6.17. The first kappa shape index (κ1) is 18.2. The van der Waals surface area contributed by atoms with Crippen LogP contribution in [0.1, 0.15) is 36.1 Å². The topological polar surface area (TPSA) is 32.3 Å². The molecule has 0 fully saturated rings. The Balaban J connectivity index is 1.93. The van der Waals surface area contributed by atoms with Crippen molar-refractivity contribution in [3.05, 3.63) is 70.8 Å². The van der Waals surface area contributed by atoms with Crippen molar-refractivity contribution < 1.29 is 4.79 Å². The lowest BCUT2D eigenvalue weighted by Crippen LogP contribution is -2.27. The lowest BCUT2D eigenvalue weighted by molar-refractivity contribution is -0.120. The number of carbonyl (C=O) groups is 1. The van der Waals surface area contributed by atoms with E-state index in [0.29, 0.717) is 13.0 Å². The van der Waals surface area contributed by atoms with Crippen LogP contribution in [0.5, 0.6) is 0 Å². The van der Waals surface area contributed by atoms with Crippen molar-refractivity contribution in [1.29, 1.82) is 0 Å². The first-order valence-corrected chi connectivity index (χ1v) is 8.73. The first-order chi connectivity index (χ1) is 11.6. The molecule has 0 aromatic heterocycles. The fourth-order valence-corrected chi connectivity index (χ4v) is 2.72. The molecule has 0 radical (unpaired) electrons. The van der Waals surface area contributed by atoms with Crippen molar-refractivity contribution in [2.75, 3.05) is 13.1 Å². The summed E-state index contributed by atoms with van der Waals surface area (Å²) in [7, 11) is 0. The Labute approximate surface area is 145 Å². The maximum Gasteiger partial charge on any atom is 0.224 e. The number of rotatable bonds is 8. The van der Waals surface area contributed by atoms with E-state index < -0.39 is 0 Å². The average molecular weight is 324 g/mol. The summed E-state index contributed by atoms with van der Waals surface area (Å²) in [6.45, 7) is 9.98. The molecule has 2 rings (SSSR count). The van der Waals surface area contributed by atoms with Gasteiger partial charge < -0.3 is 5.32 Å². The lowest BCUT2D eigenvalue weighted by atomic mass is 10.1. The Hall–Kier alpha value is -2.13. The number of nitrogens with one attached hydrogen (secondary N) is 1. The van der Waals surface area contributed by atoms with Gasteiger partial charge in [-0.1, -0.05) is 67.9 Å². The van der Waals surface area contributed by atoms with Gasteiger partial charge in [-0.3, -0.25) is 9.69 Å². The number of hydrogen-bond acceptors (Lipinski definition) is 2. The maximum atomic E-state index is 12.2. The van der Waals surface area contributed by atoms with Gasteiger partial charge in [0.25, 0.3) is 0 Å². The van der Waals surface area contributed by atoms with Crippen molar-refractivity contribution >= 4 is 5.91 Å². The first-order valence-electron chi connectivity index (χ1n) is 8.73. The number of amides is 1. The van der Waals surface area contributed by atoms with Crippen LogP contribution in [0.4, 0.5) is 0 Å². The molecule has 1 amide bonds. The zero-order valence-electron chi connectivity index (χ0n) is 15.0. The van der Waals surface area contributed by atoms with Crippen LogP contribution in [-0.2, 0) is 24.3 Å². The molecule has 0 aliphatic carbocycles. The molecule has 24 heavy (non-hydrogen) atoms. The van der Waals surface area contributed by atoms with E-state index in [4.69, 9.17) is 0 Å². The van der Waals surface area contributed by atoms with E-state index in [2.05, 4.69) is 49.2 Å². The highest BCUT2D eigenvalue weighted by molar-refractivity contribution is 5.78. The summed E-state index contributed by atoms with van der Waals surface area (Å²) in [6, 6.07) is 16.5. The van der Waals surface area contributed by atoms with Crippen LogP contribution < -0.4 is 5.32 Å². The summed E-state index contributed by atoms with van der Waals surface area (Å²) in [5.74, 6) is 0.0662. The van der Waals surface area contributed by atoms with E-state index in [0.717, 1.165) is 25.2 Å². The minimum atomic E-state index is 0.0662. The quantitative estimate of drug-likeness (QED) is 0.803. The van der Waals surface area contributed by atoms with Gasteiger partial charge in [-0.15, -0.1) is 0 Å². The normalized spacial score (nSPS) is 10.8. The fourth-order valence-electron chi connectivity index (χ4n) is 2.72. The fraction of sp³-hybridized carbons (Fsp3) is 0.381. The molecule has 0 aliphatic heterocycles. The van der Waals surface area contributed by atoms with Gasteiger partial charge in [0.2, 0.25) is 5.91 Å². The summed E-state index contributed by atoms with van der Waals surface area (Å²) >= 11 is 0. The highest BCUT2D eigenvalue weighted by atomic mass is 16.1. The van der Waals surface area contributed by atoms with E-state index in [1.165, 1.54) is 16.7 Å². The third-order valence-corrected chi connectivity index (χ3v) is 4.37. The van der Waals surface area contributed by atoms with Gasteiger partial charge >= 0.3 is 0 Å². The van der Waals surface area contributed by atoms with Crippen molar-refractivity contribution in [3.63, 3.8) is 0 Å². The Morgan fingerprint density at radius 3 is 2.21 bits per heavy atom. The molecular formula is C21H28N2O. The number of hydrogen-bond donors (Lipinski definition) is 1. The summed E-state index contributed by atoms with van der Waals surface area (Å²) in [5.41, 5.74) is 4.75. The Bertz CT molecular complexity index is 645. The van der Waals surface area contributed by atoms with Crippen LogP contribution >= 0.6 is 0 Å². The van der Waals surface area contributed by atoms with Crippen LogP contribution in [0.2, 0.25) is 0 Å². The van der Waals surface area contributed by atoms with E-state index in [1.54, 1.807) is 0 Å². The highest BCUT2D eigenvalue weighted by Gasteiger charge is 2.08. The molecular weight excluding hydrogens is 296 g/mol. The Kier molecular flexibility index (Phi) is 7.01. The monoisotopic (exact) mass is 324 g/mol. The second-order valence-corrected chi connectivity index (χ2v) is 6.17. The van der Waals surface area contributed by atoms with E-state index in [9.17, 15) is 4.79 Å². The number of aryl methyl sites for hydroxylation is 1. The van der Waals surface area contributed by atoms with Gasteiger partial charge in [-0.2, -0.15) is 0 Å². The van der Waals surface area contributed by atoms with Crippen molar-refractivity contribution in [3.8, 4) is 0 Å². The summed E-state index contributed by atoms with van der Waals surface area (Å²) in [5, 5.41) is 3.05. The zero-order valence-corrected chi connectivity index (χ0v) is 15.0. The second kappa shape index (κ2) is 9.24. The van der Waals surface area contributed by atoms with Gasteiger partial charge in [-0.25, -0.2) is 0 Å². The highest BCUT2D eigenvalue weighted by Crippen LogP contribution is 2.12. The van der Waals surface area contributed by atoms with Gasteiger partial charge in [0, 0.05) is 13.1 Å². The molecule has 2 aromatic carbocycles. The SMILES string of the molecule is CCN(CC)Cc1ccccc1CNC(=O)Cc1ccc(C)cc1. The van der Waals surface area contributed by atoms with Gasteiger partial charge in [-0.05, 0) is 36.7 Å². The predicted octanol–water partition coefficient (Wildman–Crippen LogP) is 3.70. The Morgan fingerprint density at radius 1 is 0.958 bits per heavy atom. The molecule has 0 unspecified atom stereocenters. The van der Waals surface area contributed by atoms with Crippen LogP contribution in [-0.4, -0.2) is 23.9 Å². The largest absolute Gasteiger partial charge is 0.352 e. The molecule has 3 nitrogen and oxygen atoms in total. The molecule has 0 atom stereocenters. The summed E-state index contributed by atoms with van der Waals surface area (Å²) < 4.78 is 0. The van der Waals surface area contributed by atoms with Gasteiger partial charge in [0.1, 0.15) is 0 Å². The standard InChI is InChI=1S/C21H28N2O/c1-4-23(5-2)16-20-9-7-6-8-19(20)15-22-21(24)14-18-12-10-17(3)11-13-18/h6-13H,4-5,14-16H2,1-3H3,(H,22,24). The minimum Gasteiger partial charge on any atom is -0.352 e. The molecule has 2 aromatic rings. The number of benzene rings is 2. The van der Waals surface area contributed by atoms with Crippen molar-refractivity contribution in [1.82, 2.24) is 10.2 Å². The molecule has 0 saturated heterocycles. The third-order valence-electron chi connectivity index (χ3n) is 4.37. The smallest absolute Gasteiger partial charge is 0.224 e. The van der Waals surface area contributed by atoms with E-state index >= 15 is 0 Å². The van der Waals surface area contributed by atoms with E-state index in [1.807, 2.05) is 30.3 Å².